The lowest BCUT2D eigenvalue weighted by Gasteiger charge is -2.34. The van der Waals surface area contributed by atoms with Crippen LogP contribution in [0, 0.1) is 0 Å². The van der Waals surface area contributed by atoms with Crippen molar-refractivity contribution in [1.82, 2.24) is 9.80 Å². The zero-order valence-electron chi connectivity index (χ0n) is 16.7. The molecule has 0 aromatic heterocycles. The molecule has 0 bridgehead atoms. The minimum Gasteiger partial charge on any atom is -0.385 e. The lowest BCUT2D eigenvalue weighted by atomic mass is 9.98. The molecule has 2 aromatic rings. The molecule has 2 aliphatic heterocycles. The van der Waals surface area contributed by atoms with Crippen LogP contribution in [0.4, 0.5) is 4.79 Å². The SMILES string of the molecule is COCCCC1(O)SCC2C1N(Cc1ccccc1)C(=O)N2Cc1ccccc1. The number of hydrogen-bond donors (Lipinski definition) is 1. The van der Waals surface area contributed by atoms with Gasteiger partial charge in [0, 0.05) is 32.6 Å². The van der Waals surface area contributed by atoms with Gasteiger partial charge in [0.2, 0.25) is 0 Å². The standard InChI is InChI=1S/C23H28N2O3S/c1-28-14-8-13-23(27)21-20(17-29-23)24(15-18-9-4-2-5-10-18)22(26)25(21)16-19-11-6-3-7-12-19/h2-7,9-12,20-21,27H,8,13-17H2,1H3. The third-order valence-corrected chi connectivity index (χ3v) is 7.29. The lowest BCUT2D eigenvalue weighted by molar-refractivity contribution is 0.0370. The second-order valence-electron chi connectivity index (χ2n) is 7.77. The van der Waals surface area contributed by atoms with Gasteiger partial charge in [-0.15, -0.1) is 11.8 Å². The Labute approximate surface area is 176 Å². The van der Waals surface area contributed by atoms with E-state index in [9.17, 15) is 9.90 Å². The first-order valence-corrected chi connectivity index (χ1v) is 11.1. The van der Waals surface area contributed by atoms with Crippen molar-refractivity contribution >= 4 is 17.8 Å². The van der Waals surface area contributed by atoms with Gasteiger partial charge in [0.05, 0.1) is 12.1 Å². The molecule has 2 aromatic carbocycles. The molecule has 0 aliphatic carbocycles. The minimum atomic E-state index is -0.945. The van der Waals surface area contributed by atoms with Crippen LogP contribution in [-0.2, 0) is 17.8 Å². The molecular formula is C23H28N2O3S. The molecule has 4 rings (SSSR count). The number of ether oxygens (including phenoxy) is 1. The van der Waals surface area contributed by atoms with Crippen molar-refractivity contribution in [3.8, 4) is 0 Å². The van der Waals surface area contributed by atoms with E-state index >= 15 is 0 Å². The Hall–Kier alpha value is -2.02. The van der Waals surface area contributed by atoms with Gasteiger partial charge in [0.15, 0.2) is 0 Å². The number of fused-ring (bicyclic) bond motifs is 1. The molecule has 2 amide bonds. The second kappa shape index (κ2) is 8.78. The molecule has 2 fully saturated rings. The highest BCUT2D eigenvalue weighted by atomic mass is 32.2. The number of rotatable bonds is 8. The molecule has 29 heavy (non-hydrogen) atoms. The number of benzene rings is 2. The highest BCUT2D eigenvalue weighted by molar-refractivity contribution is 8.00. The zero-order valence-corrected chi connectivity index (χ0v) is 17.6. The molecule has 6 heteroatoms. The van der Waals surface area contributed by atoms with E-state index in [0.29, 0.717) is 26.1 Å². The molecule has 154 valence electrons. The quantitative estimate of drug-likeness (QED) is 0.530. The van der Waals surface area contributed by atoms with Crippen molar-refractivity contribution in [2.75, 3.05) is 19.5 Å². The van der Waals surface area contributed by atoms with E-state index in [4.69, 9.17) is 4.74 Å². The minimum absolute atomic E-state index is 0.00367. The van der Waals surface area contributed by atoms with Crippen LogP contribution < -0.4 is 0 Å². The number of hydrogen-bond acceptors (Lipinski definition) is 4. The molecule has 0 radical (unpaired) electrons. The van der Waals surface area contributed by atoms with E-state index in [2.05, 4.69) is 12.1 Å². The topological polar surface area (TPSA) is 53.0 Å². The predicted octanol–water partition coefficient (Wildman–Crippen LogP) is 3.72. The van der Waals surface area contributed by atoms with Crippen LogP contribution in [0.25, 0.3) is 0 Å². The Morgan fingerprint density at radius 2 is 1.62 bits per heavy atom. The van der Waals surface area contributed by atoms with Crippen LogP contribution in [0.3, 0.4) is 0 Å². The number of urea groups is 1. The van der Waals surface area contributed by atoms with Crippen molar-refractivity contribution in [1.29, 1.82) is 0 Å². The van der Waals surface area contributed by atoms with Crippen LogP contribution in [-0.4, -0.2) is 57.4 Å². The summed E-state index contributed by atoms with van der Waals surface area (Å²) >= 11 is 1.58. The number of thioether (sulfide) groups is 1. The van der Waals surface area contributed by atoms with Gasteiger partial charge in [-0.25, -0.2) is 4.79 Å². The average Bonchev–Trinajstić information content (AvgIpc) is 3.21. The second-order valence-corrected chi connectivity index (χ2v) is 9.10. The molecule has 2 saturated heterocycles. The van der Waals surface area contributed by atoms with Crippen molar-refractivity contribution in [2.24, 2.45) is 0 Å². The molecule has 3 unspecified atom stereocenters. The molecule has 2 heterocycles. The Balaban J connectivity index is 1.61. The fourth-order valence-corrected chi connectivity index (χ4v) is 6.01. The van der Waals surface area contributed by atoms with Gasteiger partial charge in [0.1, 0.15) is 4.93 Å². The van der Waals surface area contributed by atoms with E-state index in [1.54, 1.807) is 18.9 Å². The van der Waals surface area contributed by atoms with E-state index < -0.39 is 4.93 Å². The number of methoxy groups -OCH3 is 1. The molecule has 5 nitrogen and oxygen atoms in total. The summed E-state index contributed by atoms with van der Waals surface area (Å²) in [5.41, 5.74) is 2.19. The predicted molar refractivity (Wildman–Crippen MR) is 115 cm³/mol. The highest BCUT2D eigenvalue weighted by Crippen LogP contribution is 2.48. The smallest absolute Gasteiger partial charge is 0.321 e. The van der Waals surface area contributed by atoms with Gasteiger partial charge >= 0.3 is 6.03 Å². The number of aliphatic hydroxyl groups is 1. The summed E-state index contributed by atoms with van der Waals surface area (Å²) in [6.45, 7) is 1.70. The maximum Gasteiger partial charge on any atom is 0.321 e. The normalized spacial score (nSPS) is 26.2. The number of nitrogens with zero attached hydrogens (tertiary/aromatic N) is 2. The van der Waals surface area contributed by atoms with Gasteiger partial charge in [-0.2, -0.15) is 0 Å². The molecule has 3 atom stereocenters. The summed E-state index contributed by atoms with van der Waals surface area (Å²) in [6, 6.07) is 19.9. The van der Waals surface area contributed by atoms with Crippen molar-refractivity contribution < 1.29 is 14.6 Å². The van der Waals surface area contributed by atoms with E-state index in [0.717, 1.165) is 23.3 Å². The Morgan fingerprint density at radius 3 is 2.21 bits per heavy atom. The van der Waals surface area contributed by atoms with Crippen LogP contribution in [0.15, 0.2) is 60.7 Å². The maximum absolute atomic E-state index is 13.5. The average molecular weight is 413 g/mol. The first-order valence-electron chi connectivity index (χ1n) is 10.1. The maximum atomic E-state index is 13.5. The van der Waals surface area contributed by atoms with Crippen LogP contribution >= 0.6 is 11.8 Å². The van der Waals surface area contributed by atoms with E-state index in [-0.39, 0.29) is 18.1 Å². The van der Waals surface area contributed by atoms with Crippen LogP contribution in [0.2, 0.25) is 0 Å². The largest absolute Gasteiger partial charge is 0.385 e. The van der Waals surface area contributed by atoms with Gasteiger partial charge in [-0.1, -0.05) is 60.7 Å². The summed E-state index contributed by atoms with van der Waals surface area (Å²) < 4.78 is 5.19. The number of amides is 2. The monoisotopic (exact) mass is 412 g/mol. The van der Waals surface area contributed by atoms with Gasteiger partial charge in [0.25, 0.3) is 0 Å². The number of carbonyl (C=O) groups is 1. The van der Waals surface area contributed by atoms with E-state index in [1.165, 1.54) is 0 Å². The van der Waals surface area contributed by atoms with Crippen molar-refractivity contribution in [2.45, 2.75) is 42.9 Å². The Bertz CT molecular complexity index is 819. The van der Waals surface area contributed by atoms with Crippen LogP contribution in [0.5, 0.6) is 0 Å². The Kier molecular flexibility index (Phi) is 6.13. The molecule has 0 saturated carbocycles. The Morgan fingerprint density at radius 1 is 1.03 bits per heavy atom. The summed E-state index contributed by atoms with van der Waals surface area (Å²) in [5, 5.41) is 11.5. The fourth-order valence-electron chi connectivity index (χ4n) is 4.45. The highest BCUT2D eigenvalue weighted by Gasteiger charge is 2.59. The van der Waals surface area contributed by atoms with Crippen LogP contribution in [0.1, 0.15) is 24.0 Å². The van der Waals surface area contributed by atoms with Crippen molar-refractivity contribution in [3.63, 3.8) is 0 Å². The molecule has 0 spiro atoms. The lowest BCUT2D eigenvalue weighted by Crippen LogP contribution is -2.48. The summed E-state index contributed by atoms with van der Waals surface area (Å²) in [4.78, 5) is 16.3. The third kappa shape index (κ3) is 4.15. The summed E-state index contributed by atoms with van der Waals surface area (Å²) in [5.74, 6) is 0.748. The van der Waals surface area contributed by atoms with Gasteiger partial charge in [-0.05, 0) is 24.0 Å². The zero-order chi connectivity index (χ0) is 20.3. The molecule has 2 aliphatic rings. The molecular weight excluding hydrogens is 384 g/mol. The van der Waals surface area contributed by atoms with Gasteiger partial charge in [-0.3, -0.25) is 0 Å². The van der Waals surface area contributed by atoms with Gasteiger partial charge < -0.3 is 19.6 Å². The first kappa shape index (κ1) is 20.3. The number of carbonyl (C=O) groups excluding carboxylic acids is 1. The summed E-state index contributed by atoms with van der Waals surface area (Å²) in [7, 11) is 1.68. The first-order chi connectivity index (χ1) is 14.1. The fraction of sp³-hybridized carbons (Fsp3) is 0.435. The third-order valence-electron chi connectivity index (χ3n) is 5.83. The summed E-state index contributed by atoms with van der Waals surface area (Å²) in [6.07, 6.45) is 1.39. The van der Waals surface area contributed by atoms with E-state index in [1.807, 2.05) is 58.3 Å². The van der Waals surface area contributed by atoms with Crippen molar-refractivity contribution in [3.05, 3.63) is 71.8 Å². The molecule has 1 N–H and O–H groups in total.